The number of nitrogens with zero attached hydrogens (tertiary/aromatic N) is 3. The highest BCUT2D eigenvalue weighted by Crippen LogP contribution is 2.49. The van der Waals surface area contributed by atoms with Gasteiger partial charge in [-0.05, 0) is 122 Å². The van der Waals surface area contributed by atoms with E-state index in [1.54, 1.807) is 24.7 Å². The monoisotopic (exact) mass is 958 g/mol. The van der Waals surface area contributed by atoms with Crippen molar-refractivity contribution < 1.29 is 28.8 Å². The molecule has 366 valence electrons. The summed E-state index contributed by atoms with van der Waals surface area (Å²) in [4.78, 5) is 27.6. The van der Waals surface area contributed by atoms with Gasteiger partial charge in [0, 0.05) is 91.7 Å². The molecule has 2 aromatic heterocycles. The fourth-order valence-corrected chi connectivity index (χ4v) is 12.6. The number of H-pyrrole nitrogens is 1. The molecule has 2 saturated heterocycles. The number of benzene rings is 3. The third kappa shape index (κ3) is 9.65. The molecular formula is C54H67FN8O5S. The largest absolute Gasteiger partial charge is 0.629 e. The number of rotatable bonds is 14. The SMILES string of the molecule is COc1nc2[nH]cc(F)c2cc1Oc1cc(N2CCC3(CC2)CN([C@H]2CCC[C@H]2c2ccccc2C(C)C)C3)ccc1C(=O)NSc1cc([NH+](C)[O-])c(NC[C@H]2CC[C@](C)(O)CC2)c2c1=CCNC=2. The van der Waals surface area contributed by atoms with Crippen LogP contribution in [0.15, 0.2) is 65.7 Å². The van der Waals surface area contributed by atoms with Crippen molar-refractivity contribution in [3.8, 4) is 17.4 Å². The van der Waals surface area contributed by atoms with E-state index in [1.807, 2.05) is 31.3 Å². The van der Waals surface area contributed by atoms with Gasteiger partial charge in [0.15, 0.2) is 11.4 Å². The Hall–Kier alpha value is -5.32. The van der Waals surface area contributed by atoms with Gasteiger partial charge in [0.2, 0.25) is 0 Å². The minimum absolute atomic E-state index is 0.0901. The molecule has 5 aliphatic rings. The zero-order chi connectivity index (χ0) is 48.0. The minimum Gasteiger partial charge on any atom is -0.629 e. The average Bonchev–Trinajstić information content (AvgIpc) is 3.98. The van der Waals surface area contributed by atoms with Crippen LogP contribution in [0.2, 0.25) is 0 Å². The maximum absolute atomic E-state index is 14.9. The van der Waals surface area contributed by atoms with Crippen LogP contribution in [-0.4, -0.2) is 91.0 Å². The zero-order valence-electron chi connectivity index (χ0n) is 40.6. The number of pyridine rings is 1. The average molecular weight is 959 g/mol. The highest BCUT2D eigenvalue weighted by atomic mass is 32.2. The summed E-state index contributed by atoms with van der Waals surface area (Å²) in [5.74, 6) is 1.22. The highest BCUT2D eigenvalue weighted by Gasteiger charge is 2.49. The van der Waals surface area contributed by atoms with Gasteiger partial charge in [-0.25, -0.2) is 4.39 Å². The van der Waals surface area contributed by atoms with Gasteiger partial charge in [0.05, 0.1) is 30.7 Å². The van der Waals surface area contributed by atoms with Crippen LogP contribution in [0.3, 0.4) is 0 Å². The molecule has 69 heavy (non-hydrogen) atoms. The molecule has 6 N–H and O–H groups in total. The van der Waals surface area contributed by atoms with Gasteiger partial charge in [0.1, 0.15) is 22.9 Å². The number of amides is 1. The molecule has 1 unspecified atom stereocenters. The van der Waals surface area contributed by atoms with E-state index in [0.29, 0.717) is 53.6 Å². The molecule has 10 rings (SSSR count). The summed E-state index contributed by atoms with van der Waals surface area (Å²) in [6.07, 6.45) is 14.5. The number of hydrogen-bond acceptors (Lipinski definition) is 11. The van der Waals surface area contributed by atoms with Gasteiger partial charge in [-0.2, -0.15) is 4.98 Å². The lowest BCUT2D eigenvalue weighted by atomic mass is 9.70. The van der Waals surface area contributed by atoms with E-state index >= 15 is 0 Å². The van der Waals surface area contributed by atoms with Crippen LogP contribution in [0, 0.1) is 22.4 Å². The number of methoxy groups -OCH3 is 1. The second-order valence-electron chi connectivity index (χ2n) is 20.9. The number of quaternary nitrogens is 1. The van der Waals surface area contributed by atoms with E-state index in [4.69, 9.17) is 9.47 Å². The second-order valence-corrected chi connectivity index (χ2v) is 21.7. The molecule has 15 heteroatoms. The van der Waals surface area contributed by atoms with Crippen molar-refractivity contribution >= 4 is 58.2 Å². The van der Waals surface area contributed by atoms with Crippen molar-refractivity contribution in [3.05, 3.63) is 98.9 Å². The number of nitrogens with one attached hydrogen (secondary N) is 5. The van der Waals surface area contributed by atoms with Gasteiger partial charge in [0.25, 0.3) is 11.8 Å². The van der Waals surface area contributed by atoms with Gasteiger partial charge in [-0.1, -0.05) is 50.6 Å². The number of aromatic nitrogens is 2. The number of aliphatic hydroxyl groups is 1. The third-order valence-corrected chi connectivity index (χ3v) is 16.7. The number of aromatic amines is 1. The van der Waals surface area contributed by atoms with Crippen LogP contribution in [0.25, 0.3) is 23.3 Å². The molecule has 0 bridgehead atoms. The first-order valence-corrected chi connectivity index (χ1v) is 25.8. The van der Waals surface area contributed by atoms with E-state index in [2.05, 4.69) is 79.3 Å². The van der Waals surface area contributed by atoms with E-state index in [0.717, 1.165) is 103 Å². The maximum atomic E-state index is 14.9. The Labute approximate surface area is 408 Å². The van der Waals surface area contributed by atoms with E-state index in [1.165, 1.54) is 38.1 Å². The normalized spacial score (nSPS) is 23.7. The number of anilines is 2. The topological polar surface area (TPSA) is 155 Å². The summed E-state index contributed by atoms with van der Waals surface area (Å²) in [6.45, 7) is 11.8. The fourth-order valence-electron chi connectivity index (χ4n) is 11.9. The molecule has 2 saturated carbocycles. The molecule has 5 heterocycles. The van der Waals surface area contributed by atoms with Crippen LogP contribution in [0.5, 0.6) is 17.4 Å². The van der Waals surface area contributed by atoms with Crippen LogP contribution in [0.4, 0.5) is 21.5 Å². The number of ether oxygens (including phenoxy) is 2. The lowest BCUT2D eigenvalue weighted by molar-refractivity contribution is -0.750. The number of hydroxylamine groups is 1. The Bertz CT molecular complexity index is 2830. The highest BCUT2D eigenvalue weighted by molar-refractivity contribution is 7.98. The first-order valence-electron chi connectivity index (χ1n) is 25.0. The lowest BCUT2D eigenvalue weighted by Crippen LogP contribution is -2.98. The number of hydrogen-bond donors (Lipinski definition) is 6. The van der Waals surface area contributed by atoms with Gasteiger partial charge < -0.3 is 45.4 Å². The molecule has 3 aliphatic heterocycles. The molecule has 13 nitrogen and oxygen atoms in total. The summed E-state index contributed by atoms with van der Waals surface area (Å²) in [6, 6.07) is 18.8. The third-order valence-electron chi connectivity index (χ3n) is 15.8. The van der Waals surface area contributed by atoms with Gasteiger partial charge in [-0.15, -0.1) is 0 Å². The molecule has 3 aromatic carbocycles. The van der Waals surface area contributed by atoms with Crippen LogP contribution >= 0.6 is 11.9 Å². The number of halogens is 1. The number of carbonyl (C=O) groups excluding carboxylic acids is 1. The summed E-state index contributed by atoms with van der Waals surface area (Å²) in [7, 11) is 3.04. The van der Waals surface area contributed by atoms with Crippen molar-refractivity contribution in [2.24, 2.45) is 11.3 Å². The Morgan fingerprint density at radius 2 is 1.83 bits per heavy atom. The Morgan fingerprint density at radius 3 is 2.58 bits per heavy atom. The van der Waals surface area contributed by atoms with Crippen molar-refractivity contribution in [1.29, 1.82) is 0 Å². The Balaban J connectivity index is 0.876. The number of carbonyl (C=O) groups is 1. The predicted molar refractivity (Wildman–Crippen MR) is 272 cm³/mol. The molecule has 5 aromatic rings. The molecular weight excluding hydrogens is 892 g/mol. The van der Waals surface area contributed by atoms with E-state index in [-0.39, 0.29) is 33.4 Å². The van der Waals surface area contributed by atoms with Crippen molar-refractivity contribution in [2.45, 2.75) is 107 Å². The smallest absolute Gasteiger partial charge is 0.265 e. The predicted octanol–water partition coefficient (Wildman–Crippen LogP) is 7.42. The first-order chi connectivity index (χ1) is 33.3. The second kappa shape index (κ2) is 19.5. The van der Waals surface area contributed by atoms with Crippen molar-refractivity contribution in [1.82, 2.24) is 24.9 Å². The Morgan fingerprint density at radius 1 is 1.04 bits per heavy atom. The van der Waals surface area contributed by atoms with Crippen molar-refractivity contribution in [2.75, 3.05) is 63.6 Å². The lowest BCUT2D eigenvalue weighted by Gasteiger charge is -2.57. The summed E-state index contributed by atoms with van der Waals surface area (Å²) >= 11 is 1.16. The van der Waals surface area contributed by atoms with Gasteiger partial charge in [-0.3, -0.25) is 14.4 Å². The summed E-state index contributed by atoms with van der Waals surface area (Å²) < 4.78 is 30.2. The molecule has 2 aliphatic carbocycles. The van der Waals surface area contributed by atoms with Crippen LogP contribution in [-0.2, 0) is 0 Å². The van der Waals surface area contributed by atoms with Crippen molar-refractivity contribution in [3.63, 3.8) is 0 Å². The number of piperidine rings is 1. The summed E-state index contributed by atoms with van der Waals surface area (Å²) in [5.41, 5.74) is 5.55. The fraction of sp³-hybridized carbons (Fsp3) is 0.481. The molecule has 1 spiro atoms. The first kappa shape index (κ1) is 47.4. The molecule has 0 radical (unpaired) electrons. The summed E-state index contributed by atoms with van der Waals surface area (Å²) in [5, 5.41) is 32.6. The van der Waals surface area contributed by atoms with Crippen LogP contribution < -0.4 is 45.2 Å². The number of fused-ring (bicyclic) bond motifs is 2. The zero-order valence-corrected chi connectivity index (χ0v) is 41.4. The minimum atomic E-state index is -0.623. The molecule has 1 amide bonds. The maximum Gasteiger partial charge on any atom is 0.265 e. The quantitative estimate of drug-likeness (QED) is 0.0487. The molecule has 3 atom stereocenters. The standard InChI is InChI=1S/C54H67FN8O5S/c1-33(2)36-9-6-7-10-37(36)38-11-8-12-44(38)63-31-54(32-63)20-23-62(24-21-54)35-13-14-40(46(25-35)68-47-26-41-43(55)30-58-50(41)59-52(47)67-5)51(64)60-69-48-27-45(61(4)66)49(42-29-56-22-17-39(42)48)57-28-34-15-18-53(3,65)19-16-34/h6-7,9-10,13-14,17,25-27,29-30,33-34,38,44,56-57,61,65H,8,11-12,15-16,18-24,28,31-32H2,1-5H3,(H,58,59)(H,60,64)/t34-,38-,44-,53-/m0/s1. The van der Waals surface area contributed by atoms with E-state index < -0.39 is 17.3 Å². The van der Waals surface area contributed by atoms with Crippen LogP contribution in [0.1, 0.15) is 112 Å². The van der Waals surface area contributed by atoms with E-state index in [9.17, 15) is 19.5 Å². The van der Waals surface area contributed by atoms with Gasteiger partial charge >= 0.3 is 0 Å². The number of likely N-dealkylation sites (tertiary alicyclic amines) is 1. The molecule has 4 fully saturated rings. The Kier molecular flexibility index (Phi) is 13.4.